The summed E-state index contributed by atoms with van der Waals surface area (Å²) in [5.41, 5.74) is 1.56. The van der Waals surface area contributed by atoms with Crippen molar-refractivity contribution in [3.05, 3.63) is 59.2 Å². The Hall–Kier alpha value is -2.18. The number of hydrogen-bond donors (Lipinski definition) is 1. The van der Waals surface area contributed by atoms with Crippen LogP contribution in [0.3, 0.4) is 0 Å². The van der Waals surface area contributed by atoms with Crippen LogP contribution in [0.2, 0.25) is 0 Å². The van der Waals surface area contributed by atoms with Crippen LogP contribution in [-0.4, -0.2) is 21.8 Å². The molecule has 0 saturated heterocycles. The predicted molar refractivity (Wildman–Crippen MR) is 79.0 cm³/mol. The number of rotatable bonds is 5. The Morgan fingerprint density at radius 1 is 1.19 bits per heavy atom. The molecule has 5 nitrogen and oxygen atoms in total. The Morgan fingerprint density at radius 2 is 1.86 bits per heavy atom. The summed E-state index contributed by atoms with van der Waals surface area (Å²) in [7, 11) is -2.54. The Labute approximate surface area is 123 Å². The highest BCUT2D eigenvalue weighted by atomic mass is 32.2. The second-order valence-electron chi connectivity index (χ2n) is 4.53. The maximum atomic E-state index is 11.8. The van der Waals surface area contributed by atoms with Crippen LogP contribution in [-0.2, 0) is 16.4 Å². The number of aldehydes is 1. The number of nitrogens with two attached hydrogens (primary N) is 1. The Balaban J connectivity index is 2.64. The highest BCUT2D eigenvalue weighted by Crippen LogP contribution is 2.29. The molecule has 0 aliphatic carbocycles. The number of benzene rings is 2. The normalized spacial score (nSPS) is 11.1. The maximum absolute atomic E-state index is 11.8. The van der Waals surface area contributed by atoms with Crippen LogP contribution in [0.5, 0.6) is 5.75 Å². The van der Waals surface area contributed by atoms with Crippen LogP contribution in [0.15, 0.2) is 47.4 Å². The molecule has 0 atom stereocenters. The SMILES string of the molecule is COc1cc(C=O)cc(S(N)(=O)=O)c1Cc1ccccc1. The molecule has 0 spiro atoms. The van der Waals surface area contributed by atoms with Crippen molar-refractivity contribution in [2.24, 2.45) is 5.14 Å². The molecule has 0 radical (unpaired) electrons. The largest absolute Gasteiger partial charge is 0.496 e. The van der Waals surface area contributed by atoms with Gasteiger partial charge in [-0.15, -0.1) is 0 Å². The van der Waals surface area contributed by atoms with Gasteiger partial charge in [0.2, 0.25) is 10.0 Å². The summed E-state index contributed by atoms with van der Waals surface area (Å²) >= 11 is 0. The van der Waals surface area contributed by atoms with E-state index >= 15 is 0 Å². The molecule has 0 unspecified atom stereocenters. The van der Waals surface area contributed by atoms with Gasteiger partial charge >= 0.3 is 0 Å². The van der Waals surface area contributed by atoms with Crippen molar-refractivity contribution in [2.75, 3.05) is 7.11 Å². The molecule has 0 bridgehead atoms. The van der Waals surface area contributed by atoms with E-state index in [9.17, 15) is 13.2 Å². The van der Waals surface area contributed by atoms with Crippen LogP contribution in [0.1, 0.15) is 21.5 Å². The van der Waals surface area contributed by atoms with E-state index in [4.69, 9.17) is 9.88 Å². The fraction of sp³-hybridized carbons (Fsp3) is 0.133. The zero-order valence-electron chi connectivity index (χ0n) is 11.4. The lowest BCUT2D eigenvalue weighted by Gasteiger charge is -2.14. The van der Waals surface area contributed by atoms with Gasteiger partial charge in [0.05, 0.1) is 12.0 Å². The highest BCUT2D eigenvalue weighted by molar-refractivity contribution is 7.89. The molecule has 0 saturated carbocycles. The molecule has 0 heterocycles. The van der Waals surface area contributed by atoms with E-state index < -0.39 is 10.0 Å². The minimum absolute atomic E-state index is 0.0900. The van der Waals surface area contributed by atoms with Crippen molar-refractivity contribution in [1.29, 1.82) is 0 Å². The monoisotopic (exact) mass is 305 g/mol. The molecule has 110 valence electrons. The second kappa shape index (κ2) is 6.07. The summed E-state index contributed by atoms with van der Waals surface area (Å²) in [4.78, 5) is 10.8. The van der Waals surface area contributed by atoms with Crippen molar-refractivity contribution in [3.63, 3.8) is 0 Å². The molecule has 2 rings (SSSR count). The smallest absolute Gasteiger partial charge is 0.238 e. The summed E-state index contributed by atoms with van der Waals surface area (Å²) < 4.78 is 28.8. The zero-order valence-corrected chi connectivity index (χ0v) is 12.3. The van der Waals surface area contributed by atoms with E-state index in [1.807, 2.05) is 30.3 Å². The molecular formula is C15H15NO4S. The molecule has 0 aliphatic rings. The minimum atomic E-state index is -3.96. The van der Waals surface area contributed by atoms with Crippen molar-refractivity contribution in [2.45, 2.75) is 11.3 Å². The van der Waals surface area contributed by atoms with Gasteiger partial charge in [0, 0.05) is 17.5 Å². The lowest BCUT2D eigenvalue weighted by molar-refractivity contribution is 0.112. The van der Waals surface area contributed by atoms with Gasteiger partial charge in [-0.2, -0.15) is 0 Å². The average molecular weight is 305 g/mol. The highest BCUT2D eigenvalue weighted by Gasteiger charge is 2.20. The molecule has 2 aromatic carbocycles. The van der Waals surface area contributed by atoms with Crippen molar-refractivity contribution >= 4 is 16.3 Å². The Morgan fingerprint density at radius 3 is 2.38 bits per heavy atom. The number of sulfonamides is 1. The number of primary sulfonamides is 1. The minimum Gasteiger partial charge on any atom is -0.496 e. The molecule has 21 heavy (non-hydrogen) atoms. The number of ether oxygens (including phenoxy) is 1. The van der Waals surface area contributed by atoms with Gasteiger partial charge in [-0.25, -0.2) is 13.6 Å². The summed E-state index contributed by atoms with van der Waals surface area (Å²) in [6.45, 7) is 0. The summed E-state index contributed by atoms with van der Waals surface area (Å²) in [6, 6.07) is 12.1. The van der Waals surface area contributed by atoms with E-state index in [0.717, 1.165) is 5.56 Å². The zero-order chi connectivity index (χ0) is 15.5. The van der Waals surface area contributed by atoms with Gasteiger partial charge in [0.25, 0.3) is 0 Å². The molecule has 6 heteroatoms. The maximum Gasteiger partial charge on any atom is 0.238 e. The third-order valence-electron chi connectivity index (χ3n) is 3.08. The summed E-state index contributed by atoms with van der Waals surface area (Å²) in [5, 5.41) is 5.26. The fourth-order valence-corrected chi connectivity index (χ4v) is 2.93. The standard InChI is InChI=1S/C15H15NO4S/c1-20-14-8-12(10-17)9-15(21(16,18)19)13(14)7-11-5-3-2-4-6-11/h2-6,8-10H,7H2,1H3,(H2,16,18,19). The van der Waals surface area contributed by atoms with E-state index in [0.29, 0.717) is 24.0 Å². The van der Waals surface area contributed by atoms with Gasteiger partial charge in [-0.3, -0.25) is 4.79 Å². The lowest BCUT2D eigenvalue weighted by atomic mass is 10.0. The van der Waals surface area contributed by atoms with Crippen LogP contribution < -0.4 is 9.88 Å². The number of hydrogen-bond acceptors (Lipinski definition) is 4. The Bertz CT molecular complexity index is 755. The van der Waals surface area contributed by atoms with Crippen LogP contribution >= 0.6 is 0 Å². The molecular weight excluding hydrogens is 290 g/mol. The van der Waals surface area contributed by atoms with Gasteiger partial charge < -0.3 is 4.74 Å². The van der Waals surface area contributed by atoms with Crippen LogP contribution in [0.4, 0.5) is 0 Å². The molecule has 0 amide bonds. The van der Waals surface area contributed by atoms with E-state index in [2.05, 4.69) is 0 Å². The molecule has 0 fully saturated rings. The van der Waals surface area contributed by atoms with E-state index in [1.54, 1.807) is 0 Å². The first-order valence-electron chi connectivity index (χ1n) is 6.18. The summed E-state index contributed by atoms with van der Waals surface area (Å²) in [6.07, 6.45) is 0.901. The van der Waals surface area contributed by atoms with Crippen molar-refractivity contribution in [1.82, 2.24) is 0 Å². The number of carbonyl (C=O) groups is 1. The van der Waals surface area contributed by atoms with Crippen molar-refractivity contribution in [3.8, 4) is 5.75 Å². The second-order valence-corrected chi connectivity index (χ2v) is 6.05. The van der Waals surface area contributed by atoms with Gasteiger partial charge in [-0.05, 0) is 17.7 Å². The van der Waals surface area contributed by atoms with E-state index in [1.165, 1.54) is 19.2 Å². The van der Waals surface area contributed by atoms with E-state index in [-0.39, 0.29) is 10.5 Å². The number of methoxy groups -OCH3 is 1. The quantitative estimate of drug-likeness (QED) is 0.853. The van der Waals surface area contributed by atoms with Gasteiger partial charge in [-0.1, -0.05) is 30.3 Å². The molecule has 0 aliphatic heterocycles. The third kappa shape index (κ3) is 3.48. The first-order chi connectivity index (χ1) is 9.95. The third-order valence-corrected chi connectivity index (χ3v) is 4.05. The average Bonchev–Trinajstić information content (AvgIpc) is 2.47. The van der Waals surface area contributed by atoms with Gasteiger partial charge in [0.15, 0.2) is 0 Å². The van der Waals surface area contributed by atoms with Crippen LogP contribution in [0, 0.1) is 0 Å². The van der Waals surface area contributed by atoms with Crippen molar-refractivity contribution < 1.29 is 17.9 Å². The van der Waals surface area contributed by atoms with Gasteiger partial charge in [0.1, 0.15) is 12.0 Å². The Kier molecular flexibility index (Phi) is 4.40. The fourth-order valence-electron chi connectivity index (χ4n) is 2.12. The summed E-state index contributed by atoms with van der Waals surface area (Å²) in [5.74, 6) is 0.326. The molecule has 2 N–H and O–H groups in total. The predicted octanol–water partition coefficient (Wildman–Crippen LogP) is 1.75. The van der Waals surface area contributed by atoms with Crippen LogP contribution in [0.25, 0.3) is 0 Å². The first kappa shape index (κ1) is 15.2. The first-order valence-corrected chi connectivity index (χ1v) is 7.73. The molecule has 0 aromatic heterocycles. The lowest BCUT2D eigenvalue weighted by Crippen LogP contribution is -2.16. The number of carbonyl (C=O) groups excluding carboxylic acids is 1. The topological polar surface area (TPSA) is 86.5 Å². The molecule has 2 aromatic rings.